The monoisotopic (exact) mass is 385 g/mol. The zero-order valence-electron chi connectivity index (χ0n) is 16.0. The van der Waals surface area contributed by atoms with Crippen molar-refractivity contribution >= 4 is 23.2 Å². The molecule has 1 aromatic rings. The molecular weight excluding hydrogens is 350 g/mol. The van der Waals surface area contributed by atoms with Crippen molar-refractivity contribution in [3.05, 3.63) is 21.9 Å². The fraction of sp³-hybridized carbons (Fsp3) is 0.684. The van der Waals surface area contributed by atoms with Gasteiger partial charge in [0.25, 0.3) is 0 Å². The molecule has 1 amide bonds. The summed E-state index contributed by atoms with van der Waals surface area (Å²) in [7, 11) is 1.50. The number of carbonyl (C=O) groups is 2. The van der Waals surface area contributed by atoms with E-state index >= 15 is 0 Å². The van der Waals surface area contributed by atoms with E-state index in [4.69, 9.17) is 10.8 Å². The first-order valence-corrected chi connectivity index (χ1v) is 10.3. The van der Waals surface area contributed by atoms with E-state index in [9.17, 15) is 9.59 Å². The molecule has 0 spiro atoms. The van der Waals surface area contributed by atoms with Crippen LogP contribution in [-0.2, 0) is 22.6 Å². The summed E-state index contributed by atoms with van der Waals surface area (Å²) in [4.78, 5) is 24.7. The van der Waals surface area contributed by atoms with E-state index in [0.29, 0.717) is 13.0 Å². The van der Waals surface area contributed by atoms with Gasteiger partial charge in [-0.3, -0.25) is 9.59 Å². The Hall–Kier alpha value is -1.44. The van der Waals surface area contributed by atoms with Crippen LogP contribution in [0.2, 0.25) is 0 Å². The van der Waals surface area contributed by atoms with Gasteiger partial charge in [-0.2, -0.15) is 0 Å². The van der Waals surface area contributed by atoms with Crippen LogP contribution in [0.5, 0.6) is 0 Å². The van der Waals surface area contributed by atoms with Crippen LogP contribution in [-0.4, -0.2) is 30.6 Å². The Balaban J connectivity index is 0.00000301. The highest BCUT2D eigenvalue weighted by atomic mass is 32.1. The number of nitrogens with two attached hydrogens (primary N) is 2. The first-order valence-electron chi connectivity index (χ1n) is 9.45. The molecule has 26 heavy (non-hydrogen) atoms. The quantitative estimate of drug-likeness (QED) is 0.367. The van der Waals surface area contributed by atoms with Gasteiger partial charge < -0.3 is 21.9 Å². The summed E-state index contributed by atoms with van der Waals surface area (Å²) in [6.07, 6.45) is 8.67. The molecule has 0 saturated carbocycles. The van der Waals surface area contributed by atoms with Gasteiger partial charge in [0.05, 0.1) is 6.54 Å². The lowest BCUT2D eigenvalue weighted by Crippen LogP contribution is -2.21. The lowest BCUT2D eigenvalue weighted by molar-refractivity contribution is -0.137. The third-order valence-corrected chi connectivity index (χ3v) is 4.99. The maximum Gasteiger partial charge on any atom is 0.303 e. The molecule has 6 nitrogen and oxygen atoms in total. The fourth-order valence-electron chi connectivity index (χ4n) is 2.46. The molecule has 150 valence electrons. The molecule has 6 N–H and O–H groups in total. The molecule has 0 radical (unpaired) electrons. The van der Waals surface area contributed by atoms with Crippen LogP contribution in [0, 0.1) is 0 Å². The number of carboxylic acids is 1. The van der Waals surface area contributed by atoms with Crippen molar-refractivity contribution in [2.24, 2.45) is 11.5 Å². The summed E-state index contributed by atoms with van der Waals surface area (Å²) in [6, 6.07) is 4.18. The molecule has 1 aromatic heterocycles. The van der Waals surface area contributed by atoms with Gasteiger partial charge in [-0.05, 0) is 57.8 Å². The lowest BCUT2D eigenvalue weighted by Gasteiger charge is -2.03. The minimum Gasteiger partial charge on any atom is -0.481 e. The van der Waals surface area contributed by atoms with Crippen LogP contribution >= 0.6 is 11.3 Å². The second-order valence-electron chi connectivity index (χ2n) is 6.05. The molecule has 0 aromatic carbocycles. The molecule has 0 saturated heterocycles. The second-order valence-corrected chi connectivity index (χ2v) is 7.30. The van der Waals surface area contributed by atoms with Crippen LogP contribution < -0.4 is 16.8 Å². The van der Waals surface area contributed by atoms with E-state index in [1.54, 1.807) is 11.3 Å². The predicted octanol–water partition coefficient (Wildman–Crippen LogP) is 3.04. The Morgan fingerprint density at radius 3 is 2.27 bits per heavy atom. The highest BCUT2D eigenvalue weighted by molar-refractivity contribution is 7.11. The average molecular weight is 386 g/mol. The number of nitrogens with one attached hydrogen (secondary N) is 1. The van der Waals surface area contributed by atoms with Crippen molar-refractivity contribution in [2.75, 3.05) is 13.6 Å². The van der Waals surface area contributed by atoms with E-state index in [1.165, 1.54) is 16.8 Å². The summed E-state index contributed by atoms with van der Waals surface area (Å²) < 4.78 is 0. The number of amides is 1. The van der Waals surface area contributed by atoms with Gasteiger partial charge in [0, 0.05) is 22.6 Å². The molecule has 0 fully saturated rings. The van der Waals surface area contributed by atoms with E-state index < -0.39 is 5.97 Å². The molecule has 0 aliphatic carbocycles. The van der Waals surface area contributed by atoms with Crippen molar-refractivity contribution < 1.29 is 14.7 Å². The Morgan fingerprint density at radius 2 is 1.58 bits per heavy atom. The fourth-order valence-corrected chi connectivity index (χ4v) is 3.46. The highest BCUT2D eigenvalue weighted by Gasteiger charge is 2.04. The molecule has 0 atom stereocenters. The Kier molecular flexibility index (Phi) is 16.1. The molecule has 0 unspecified atom stereocenters. The Morgan fingerprint density at radius 1 is 0.962 bits per heavy atom. The normalized spacial score (nSPS) is 10.1. The third-order valence-electron chi connectivity index (χ3n) is 3.85. The predicted molar refractivity (Wildman–Crippen MR) is 108 cm³/mol. The van der Waals surface area contributed by atoms with Crippen molar-refractivity contribution in [1.82, 2.24) is 5.32 Å². The van der Waals surface area contributed by atoms with Gasteiger partial charge >= 0.3 is 5.97 Å². The van der Waals surface area contributed by atoms with Crippen molar-refractivity contribution in [2.45, 2.75) is 70.8 Å². The minimum atomic E-state index is -0.719. The standard InChI is InChI=1S/C18H30N2O3S.CH5N/c19-13-7-2-1-5-9-17(21)20-14-16-12-11-15(24-16)8-4-3-6-10-18(22)23;1-2/h11-12H,1-10,13-14,19H2,(H,20,21)(H,22,23);2H2,1H3. The van der Waals surface area contributed by atoms with Gasteiger partial charge in [-0.25, -0.2) is 0 Å². The number of aliphatic carboxylic acids is 1. The minimum absolute atomic E-state index is 0.117. The second kappa shape index (κ2) is 17.0. The SMILES string of the molecule is CN.NCCCCCCC(=O)NCc1ccc(CCCCCC(=O)O)s1. The number of carbonyl (C=O) groups excluding carboxylic acids is 1. The average Bonchev–Trinajstić information content (AvgIpc) is 3.09. The van der Waals surface area contributed by atoms with Gasteiger partial charge in [0.2, 0.25) is 5.91 Å². The number of rotatable bonds is 14. The first kappa shape index (κ1) is 24.6. The summed E-state index contributed by atoms with van der Waals surface area (Å²) in [6.45, 7) is 1.33. The molecular formula is C19H35N3O3S. The molecule has 0 aliphatic heterocycles. The van der Waals surface area contributed by atoms with E-state index in [2.05, 4.69) is 23.2 Å². The van der Waals surface area contributed by atoms with Gasteiger partial charge in [-0.15, -0.1) is 11.3 Å². The number of aryl methyl sites for hydroxylation is 1. The van der Waals surface area contributed by atoms with E-state index in [0.717, 1.165) is 57.9 Å². The summed E-state index contributed by atoms with van der Waals surface area (Å²) in [5, 5.41) is 11.6. The van der Waals surface area contributed by atoms with Crippen LogP contribution in [0.4, 0.5) is 0 Å². The van der Waals surface area contributed by atoms with Crippen molar-refractivity contribution in [3.63, 3.8) is 0 Å². The number of unbranched alkanes of at least 4 members (excludes halogenated alkanes) is 5. The largest absolute Gasteiger partial charge is 0.481 e. The number of hydrogen-bond acceptors (Lipinski definition) is 5. The summed E-state index contributed by atoms with van der Waals surface area (Å²) in [5.41, 5.74) is 9.94. The van der Waals surface area contributed by atoms with Crippen molar-refractivity contribution in [1.29, 1.82) is 0 Å². The van der Waals surface area contributed by atoms with Crippen LogP contribution in [0.3, 0.4) is 0 Å². The number of thiophene rings is 1. The van der Waals surface area contributed by atoms with Gasteiger partial charge in [0.1, 0.15) is 0 Å². The number of carboxylic acid groups (broad SMARTS) is 1. The molecule has 7 heteroatoms. The molecule has 1 rings (SSSR count). The first-order chi connectivity index (χ1) is 12.6. The number of hydrogen-bond donors (Lipinski definition) is 4. The maximum absolute atomic E-state index is 11.8. The van der Waals surface area contributed by atoms with Gasteiger partial charge in [-0.1, -0.05) is 19.3 Å². The van der Waals surface area contributed by atoms with Gasteiger partial charge in [0.15, 0.2) is 0 Å². The van der Waals surface area contributed by atoms with E-state index in [1.807, 2.05) is 0 Å². The lowest BCUT2D eigenvalue weighted by atomic mass is 10.1. The molecule has 1 heterocycles. The smallest absolute Gasteiger partial charge is 0.303 e. The van der Waals surface area contributed by atoms with Crippen molar-refractivity contribution in [3.8, 4) is 0 Å². The zero-order valence-corrected chi connectivity index (χ0v) is 16.8. The molecule has 0 bridgehead atoms. The third kappa shape index (κ3) is 13.8. The van der Waals surface area contributed by atoms with E-state index in [-0.39, 0.29) is 12.3 Å². The maximum atomic E-state index is 11.8. The van der Waals surface area contributed by atoms with Crippen LogP contribution in [0.15, 0.2) is 12.1 Å². The zero-order chi connectivity index (χ0) is 19.6. The van der Waals surface area contributed by atoms with Crippen LogP contribution in [0.25, 0.3) is 0 Å². The molecule has 0 aliphatic rings. The summed E-state index contributed by atoms with van der Waals surface area (Å²) >= 11 is 1.73. The van der Waals surface area contributed by atoms with Crippen LogP contribution in [0.1, 0.15) is 67.5 Å². The highest BCUT2D eigenvalue weighted by Crippen LogP contribution is 2.19. The Bertz CT molecular complexity index is 492. The topological polar surface area (TPSA) is 118 Å². The summed E-state index contributed by atoms with van der Waals surface area (Å²) in [5.74, 6) is -0.602. The Labute approximate surface area is 161 Å².